The van der Waals surface area contributed by atoms with Crippen LogP contribution in [0.3, 0.4) is 0 Å². The summed E-state index contributed by atoms with van der Waals surface area (Å²) in [6.45, 7) is 5.54. The summed E-state index contributed by atoms with van der Waals surface area (Å²) in [5.41, 5.74) is -2.01. The second-order valence-electron chi connectivity index (χ2n) is 5.20. The average Bonchev–Trinajstić information content (AvgIpc) is 2.27. The molecule has 0 aromatic carbocycles. The molecule has 0 saturated carbocycles. The highest BCUT2D eigenvalue weighted by molar-refractivity contribution is 4.72. The van der Waals surface area contributed by atoms with E-state index in [1.807, 2.05) is 0 Å². The van der Waals surface area contributed by atoms with Crippen molar-refractivity contribution in [3.8, 4) is 0 Å². The molecule has 0 atom stereocenters. The fraction of sp³-hybridized carbons (Fsp3) is 1.00. The molecule has 1 heterocycles. The standard InChI is InChI=1S/C12H24O6/c1-11(13)7-15-3-5-17-9-12(2,14)10-18-6-4-16-8-11/h13-14H,3-10H2,1-2H3. The van der Waals surface area contributed by atoms with Crippen LogP contribution in [0.15, 0.2) is 0 Å². The Morgan fingerprint density at radius 1 is 0.611 bits per heavy atom. The number of hydrogen-bond acceptors (Lipinski definition) is 6. The Labute approximate surface area is 108 Å². The highest BCUT2D eigenvalue weighted by atomic mass is 16.6. The molecule has 0 aliphatic carbocycles. The van der Waals surface area contributed by atoms with Gasteiger partial charge in [-0.25, -0.2) is 0 Å². The predicted octanol–water partition coefficient (Wildman–Crippen LogP) is -0.432. The van der Waals surface area contributed by atoms with Crippen molar-refractivity contribution in [2.75, 3.05) is 52.9 Å². The molecule has 18 heavy (non-hydrogen) atoms. The van der Waals surface area contributed by atoms with Crippen molar-refractivity contribution in [3.63, 3.8) is 0 Å². The Bertz CT molecular complexity index is 185. The van der Waals surface area contributed by atoms with Gasteiger partial charge in [0.1, 0.15) is 11.2 Å². The predicted molar refractivity (Wildman–Crippen MR) is 64.5 cm³/mol. The van der Waals surface area contributed by atoms with E-state index < -0.39 is 11.2 Å². The number of hydrogen-bond donors (Lipinski definition) is 2. The third kappa shape index (κ3) is 7.25. The molecule has 6 heteroatoms. The van der Waals surface area contributed by atoms with Crippen LogP contribution in [0.2, 0.25) is 0 Å². The molecule has 2 N–H and O–H groups in total. The lowest BCUT2D eigenvalue weighted by atomic mass is 10.1. The lowest BCUT2D eigenvalue weighted by Gasteiger charge is -2.26. The summed E-state index contributed by atoms with van der Waals surface area (Å²) in [5, 5.41) is 19.8. The number of ether oxygens (including phenoxy) is 4. The molecule has 108 valence electrons. The van der Waals surface area contributed by atoms with E-state index >= 15 is 0 Å². The first-order valence-corrected chi connectivity index (χ1v) is 6.17. The van der Waals surface area contributed by atoms with E-state index in [2.05, 4.69) is 0 Å². The Balaban J connectivity index is 2.36. The van der Waals surface area contributed by atoms with Gasteiger partial charge in [-0.05, 0) is 13.8 Å². The van der Waals surface area contributed by atoms with Crippen LogP contribution in [0.5, 0.6) is 0 Å². The van der Waals surface area contributed by atoms with Crippen molar-refractivity contribution < 1.29 is 29.2 Å². The third-order valence-electron chi connectivity index (χ3n) is 2.40. The Morgan fingerprint density at radius 2 is 0.833 bits per heavy atom. The fourth-order valence-corrected chi connectivity index (χ4v) is 1.49. The second-order valence-corrected chi connectivity index (χ2v) is 5.20. The molecule has 0 aromatic rings. The van der Waals surface area contributed by atoms with Crippen LogP contribution in [0.25, 0.3) is 0 Å². The molecule has 1 aliphatic heterocycles. The van der Waals surface area contributed by atoms with Crippen LogP contribution in [-0.2, 0) is 18.9 Å². The topological polar surface area (TPSA) is 77.4 Å². The van der Waals surface area contributed by atoms with E-state index in [1.54, 1.807) is 13.8 Å². The zero-order valence-corrected chi connectivity index (χ0v) is 11.2. The van der Waals surface area contributed by atoms with Crippen molar-refractivity contribution in [2.45, 2.75) is 25.0 Å². The van der Waals surface area contributed by atoms with Crippen molar-refractivity contribution in [1.82, 2.24) is 0 Å². The molecule has 1 aliphatic rings. The highest BCUT2D eigenvalue weighted by Crippen LogP contribution is 2.07. The van der Waals surface area contributed by atoms with Gasteiger partial charge in [-0.15, -0.1) is 0 Å². The van der Waals surface area contributed by atoms with Crippen LogP contribution in [0, 0.1) is 0 Å². The van der Waals surface area contributed by atoms with Crippen molar-refractivity contribution in [1.29, 1.82) is 0 Å². The summed E-state index contributed by atoms with van der Waals surface area (Å²) in [6, 6.07) is 0. The van der Waals surface area contributed by atoms with Gasteiger partial charge >= 0.3 is 0 Å². The van der Waals surface area contributed by atoms with E-state index in [0.717, 1.165) is 0 Å². The summed E-state index contributed by atoms with van der Waals surface area (Å²) < 4.78 is 21.2. The minimum Gasteiger partial charge on any atom is -0.385 e. The highest BCUT2D eigenvalue weighted by Gasteiger charge is 2.23. The van der Waals surface area contributed by atoms with Gasteiger partial charge in [-0.2, -0.15) is 0 Å². The van der Waals surface area contributed by atoms with Crippen LogP contribution >= 0.6 is 0 Å². The smallest absolute Gasteiger partial charge is 0.108 e. The minimum atomic E-state index is -1.00. The first kappa shape index (κ1) is 15.8. The van der Waals surface area contributed by atoms with Crippen molar-refractivity contribution >= 4 is 0 Å². The van der Waals surface area contributed by atoms with Gasteiger partial charge < -0.3 is 29.2 Å². The maximum absolute atomic E-state index is 9.90. The largest absolute Gasteiger partial charge is 0.385 e. The minimum absolute atomic E-state index is 0.188. The van der Waals surface area contributed by atoms with Crippen LogP contribution in [0.1, 0.15) is 13.8 Å². The summed E-state index contributed by atoms with van der Waals surface area (Å²) in [7, 11) is 0. The maximum atomic E-state index is 9.90. The van der Waals surface area contributed by atoms with E-state index in [0.29, 0.717) is 26.4 Å². The molecule has 0 amide bonds. The Hall–Kier alpha value is -0.240. The molecule has 0 unspecified atom stereocenters. The SMILES string of the molecule is CC1(O)COCCOCC(C)(O)COCCOC1. The lowest BCUT2D eigenvalue weighted by molar-refractivity contribution is -0.125. The van der Waals surface area contributed by atoms with Crippen molar-refractivity contribution in [2.24, 2.45) is 0 Å². The van der Waals surface area contributed by atoms with E-state index in [9.17, 15) is 10.2 Å². The van der Waals surface area contributed by atoms with Gasteiger partial charge in [0.15, 0.2) is 0 Å². The van der Waals surface area contributed by atoms with Gasteiger partial charge in [0.05, 0.1) is 52.9 Å². The molecule has 1 fully saturated rings. The molecule has 0 aromatic heterocycles. The van der Waals surface area contributed by atoms with E-state index in [4.69, 9.17) is 18.9 Å². The van der Waals surface area contributed by atoms with Gasteiger partial charge in [-0.1, -0.05) is 0 Å². The second kappa shape index (κ2) is 7.37. The summed E-state index contributed by atoms with van der Waals surface area (Å²) >= 11 is 0. The van der Waals surface area contributed by atoms with Crippen molar-refractivity contribution in [3.05, 3.63) is 0 Å². The molecule has 0 radical (unpaired) electrons. The van der Waals surface area contributed by atoms with Gasteiger partial charge in [-0.3, -0.25) is 0 Å². The maximum Gasteiger partial charge on any atom is 0.108 e. The summed E-state index contributed by atoms with van der Waals surface area (Å²) in [6.07, 6.45) is 0. The fourth-order valence-electron chi connectivity index (χ4n) is 1.49. The Kier molecular flexibility index (Phi) is 6.48. The molecule has 0 bridgehead atoms. The van der Waals surface area contributed by atoms with E-state index in [-0.39, 0.29) is 26.4 Å². The lowest BCUT2D eigenvalue weighted by Crippen LogP contribution is -2.39. The van der Waals surface area contributed by atoms with Gasteiger partial charge in [0, 0.05) is 0 Å². The third-order valence-corrected chi connectivity index (χ3v) is 2.40. The van der Waals surface area contributed by atoms with E-state index in [1.165, 1.54) is 0 Å². The zero-order valence-electron chi connectivity index (χ0n) is 11.2. The first-order chi connectivity index (χ1) is 8.41. The first-order valence-electron chi connectivity index (χ1n) is 6.17. The molecule has 1 saturated heterocycles. The van der Waals surface area contributed by atoms with Crippen LogP contribution in [-0.4, -0.2) is 74.3 Å². The summed E-state index contributed by atoms with van der Waals surface area (Å²) in [4.78, 5) is 0. The van der Waals surface area contributed by atoms with Gasteiger partial charge in [0.25, 0.3) is 0 Å². The molecular weight excluding hydrogens is 240 g/mol. The molecular formula is C12H24O6. The molecule has 1 rings (SSSR count). The monoisotopic (exact) mass is 264 g/mol. The van der Waals surface area contributed by atoms with Crippen LogP contribution < -0.4 is 0 Å². The molecule has 0 spiro atoms. The number of aliphatic hydroxyl groups is 2. The quantitative estimate of drug-likeness (QED) is 0.618. The number of rotatable bonds is 0. The Morgan fingerprint density at radius 3 is 1.06 bits per heavy atom. The average molecular weight is 264 g/mol. The summed E-state index contributed by atoms with van der Waals surface area (Å²) in [5.74, 6) is 0. The molecule has 6 nitrogen and oxygen atoms in total. The normalized spacial score (nSPS) is 38.0. The van der Waals surface area contributed by atoms with Crippen LogP contribution in [0.4, 0.5) is 0 Å². The zero-order chi connectivity index (χ0) is 13.5. The van der Waals surface area contributed by atoms with Gasteiger partial charge in [0.2, 0.25) is 0 Å².